The molecule has 1 unspecified atom stereocenters. The van der Waals surface area contributed by atoms with Gasteiger partial charge in [-0.2, -0.15) is 0 Å². The SMILES string of the molecule is O=C(O)c1ccnc(N2CCC(CO)C2)c1. The lowest BCUT2D eigenvalue weighted by molar-refractivity contribution is 0.0697. The molecule has 1 fully saturated rings. The fourth-order valence-electron chi connectivity index (χ4n) is 1.91. The van der Waals surface area contributed by atoms with Gasteiger partial charge in [0.15, 0.2) is 0 Å². The summed E-state index contributed by atoms with van der Waals surface area (Å²) in [6.45, 7) is 1.74. The van der Waals surface area contributed by atoms with Crippen LogP contribution in [0.1, 0.15) is 16.8 Å². The van der Waals surface area contributed by atoms with Gasteiger partial charge in [0.25, 0.3) is 0 Å². The quantitative estimate of drug-likeness (QED) is 0.783. The highest BCUT2D eigenvalue weighted by Crippen LogP contribution is 2.22. The number of hydrogen-bond donors (Lipinski definition) is 2. The average Bonchev–Trinajstić information content (AvgIpc) is 2.77. The van der Waals surface area contributed by atoms with Crippen molar-refractivity contribution in [3.8, 4) is 0 Å². The highest BCUT2D eigenvalue weighted by atomic mass is 16.4. The van der Waals surface area contributed by atoms with E-state index in [9.17, 15) is 4.79 Å². The number of aromatic carboxylic acids is 1. The Labute approximate surface area is 93.3 Å². The maximum atomic E-state index is 10.8. The predicted molar refractivity (Wildman–Crippen MR) is 58.6 cm³/mol. The van der Waals surface area contributed by atoms with Crippen molar-refractivity contribution in [2.45, 2.75) is 6.42 Å². The number of aromatic nitrogens is 1. The number of rotatable bonds is 3. The molecule has 1 aliphatic rings. The first-order valence-corrected chi connectivity index (χ1v) is 5.26. The van der Waals surface area contributed by atoms with Gasteiger partial charge in [0.1, 0.15) is 5.82 Å². The maximum absolute atomic E-state index is 10.8. The first-order chi connectivity index (χ1) is 7.70. The molecule has 86 valence electrons. The molecule has 0 aliphatic carbocycles. The van der Waals surface area contributed by atoms with Crippen LogP contribution < -0.4 is 4.90 Å². The fraction of sp³-hybridized carbons (Fsp3) is 0.455. The topological polar surface area (TPSA) is 73.7 Å². The van der Waals surface area contributed by atoms with Gasteiger partial charge in [0.05, 0.1) is 5.56 Å². The Morgan fingerprint density at radius 2 is 2.44 bits per heavy atom. The first-order valence-electron chi connectivity index (χ1n) is 5.26. The van der Waals surface area contributed by atoms with Gasteiger partial charge in [-0.3, -0.25) is 0 Å². The maximum Gasteiger partial charge on any atom is 0.335 e. The minimum absolute atomic E-state index is 0.176. The lowest BCUT2D eigenvalue weighted by Crippen LogP contribution is -2.22. The zero-order valence-electron chi connectivity index (χ0n) is 8.83. The summed E-state index contributed by atoms with van der Waals surface area (Å²) in [5.74, 6) is 0.00712. The van der Waals surface area contributed by atoms with Gasteiger partial charge in [-0.15, -0.1) is 0 Å². The van der Waals surface area contributed by atoms with Crippen LogP contribution in [0.4, 0.5) is 5.82 Å². The first kappa shape index (κ1) is 10.9. The number of aliphatic hydroxyl groups is 1. The Bertz CT molecular complexity index is 395. The molecule has 2 heterocycles. The Kier molecular flexibility index (Phi) is 3.05. The lowest BCUT2D eigenvalue weighted by Gasteiger charge is -2.17. The molecule has 5 heteroatoms. The lowest BCUT2D eigenvalue weighted by atomic mass is 10.1. The van der Waals surface area contributed by atoms with Crippen molar-refractivity contribution < 1.29 is 15.0 Å². The third-order valence-corrected chi connectivity index (χ3v) is 2.86. The van der Waals surface area contributed by atoms with Gasteiger partial charge in [-0.05, 0) is 18.6 Å². The van der Waals surface area contributed by atoms with E-state index in [2.05, 4.69) is 4.98 Å². The Morgan fingerprint density at radius 3 is 3.06 bits per heavy atom. The van der Waals surface area contributed by atoms with Crippen molar-refractivity contribution in [3.63, 3.8) is 0 Å². The van der Waals surface area contributed by atoms with Crippen LogP contribution in [0.2, 0.25) is 0 Å². The van der Waals surface area contributed by atoms with E-state index in [4.69, 9.17) is 10.2 Å². The summed E-state index contributed by atoms with van der Waals surface area (Å²) in [6, 6.07) is 3.05. The van der Waals surface area contributed by atoms with Crippen LogP contribution >= 0.6 is 0 Å². The molecular weight excluding hydrogens is 208 g/mol. The van der Waals surface area contributed by atoms with Crippen molar-refractivity contribution in [1.82, 2.24) is 4.98 Å². The number of nitrogens with zero attached hydrogens (tertiary/aromatic N) is 2. The zero-order valence-corrected chi connectivity index (χ0v) is 8.83. The molecule has 0 bridgehead atoms. The second-order valence-corrected chi connectivity index (χ2v) is 3.99. The van der Waals surface area contributed by atoms with Crippen molar-refractivity contribution in [2.24, 2.45) is 5.92 Å². The van der Waals surface area contributed by atoms with Gasteiger partial charge in [0, 0.05) is 31.8 Å². The summed E-state index contributed by atoms with van der Waals surface area (Å²) >= 11 is 0. The second-order valence-electron chi connectivity index (χ2n) is 3.99. The molecule has 1 atom stereocenters. The Hall–Kier alpha value is -1.62. The van der Waals surface area contributed by atoms with E-state index < -0.39 is 5.97 Å². The van der Waals surface area contributed by atoms with Crippen molar-refractivity contribution >= 4 is 11.8 Å². The van der Waals surface area contributed by atoms with Crippen LogP contribution in [0, 0.1) is 5.92 Å². The summed E-state index contributed by atoms with van der Waals surface area (Å²) < 4.78 is 0. The summed E-state index contributed by atoms with van der Waals surface area (Å²) in [5, 5.41) is 17.9. The molecule has 0 radical (unpaired) electrons. The van der Waals surface area contributed by atoms with E-state index in [0.717, 1.165) is 19.5 Å². The van der Waals surface area contributed by atoms with E-state index in [-0.39, 0.29) is 18.1 Å². The fourth-order valence-corrected chi connectivity index (χ4v) is 1.91. The average molecular weight is 222 g/mol. The normalized spacial score (nSPS) is 20.1. The molecule has 0 amide bonds. The van der Waals surface area contributed by atoms with Crippen LogP contribution in [0.15, 0.2) is 18.3 Å². The molecule has 0 spiro atoms. The molecule has 0 saturated carbocycles. The Morgan fingerprint density at radius 1 is 1.62 bits per heavy atom. The molecule has 1 aromatic rings. The van der Waals surface area contributed by atoms with E-state index in [1.807, 2.05) is 4.90 Å². The minimum Gasteiger partial charge on any atom is -0.478 e. The highest BCUT2D eigenvalue weighted by Gasteiger charge is 2.23. The monoisotopic (exact) mass is 222 g/mol. The minimum atomic E-state index is -0.943. The molecule has 2 rings (SSSR count). The van der Waals surface area contributed by atoms with Gasteiger partial charge in [-0.1, -0.05) is 0 Å². The van der Waals surface area contributed by atoms with Crippen molar-refractivity contribution in [3.05, 3.63) is 23.9 Å². The molecule has 1 aliphatic heterocycles. The molecule has 16 heavy (non-hydrogen) atoms. The van der Waals surface area contributed by atoms with Gasteiger partial charge < -0.3 is 15.1 Å². The van der Waals surface area contributed by atoms with E-state index in [1.54, 1.807) is 6.07 Å². The number of carboxylic acids is 1. The summed E-state index contributed by atoms with van der Waals surface area (Å²) in [7, 11) is 0. The molecule has 5 nitrogen and oxygen atoms in total. The number of carboxylic acid groups (broad SMARTS) is 1. The Balaban J connectivity index is 2.15. The van der Waals surface area contributed by atoms with Crippen LogP contribution in [0.5, 0.6) is 0 Å². The zero-order chi connectivity index (χ0) is 11.5. The largest absolute Gasteiger partial charge is 0.478 e. The van der Waals surface area contributed by atoms with Crippen molar-refractivity contribution in [1.29, 1.82) is 0 Å². The predicted octanol–water partition coefficient (Wildman–Crippen LogP) is 0.598. The third-order valence-electron chi connectivity index (χ3n) is 2.86. The highest BCUT2D eigenvalue weighted by molar-refractivity contribution is 5.88. The van der Waals surface area contributed by atoms with E-state index in [0.29, 0.717) is 5.82 Å². The number of pyridine rings is 1. The molecule has 0 aromatic carbocycles. The van der Waals surface area contributed by atoms with Crippen LogP contribution in [-0.2, 0) is 0 Å². The van der Waals surface area contributed by atoms with Gasteiger partial charge in [0.2, 0.25) is 0 Å². The third kappa shape index (κ3) is 2.14. The van der Waals surface area contributed by atoms with Crippen LogP contribution in [0.25, 0.3) is 0 Å². The molecule has 1 saturated heterocycles. The summed E-state index contributed by atoms with van der Waals surface area (Å²) in [5.41, 5.74) is 0.248. The number of carbonyl (C=O) groups is 1. The summed E-state index contributed by atoms with van der Waals surface area (Å²) in [6.07, 6.45) is 2.43. The standard InChI is InChI=1S/C11H14N2O3/c14-7-8-2-4-13(6-8)10-5-9(11(15)16)1-3-12-10/h1,3,5,8,14H,2,4,6-7H2,(H,15,16). The summed E-state index contributed by atoms with van der Waals surface area (Å²) in [4.78, 5) is 17.0. The molecule has 2 N–H and O–H groups in total. The van der Waals surface area contributed by atoms with E-state index in [1.165, 1.54) is 12.3 Å². The van der Waals surface area contributed by atoms with Crippen LogP contribution in [0.3, 0.4) is 0 Å². The number of anilines is 1. The second kappa shape index (κ2) is 4.49. The van der Waals surface area contributed by atoms with E-state index >= 15 is 0 Å². The van der Waals surface area contributed by atoms with Crippen molar-refractivity contribution in [2.75, 3.05) is 24.6 Å². The van der Waals surface area contributed by atoms with Gasteiger partial charge >= 0.3 is 5.97 Å². The smallest absolute Gasteiger partial charge is 0.335 e. The number of aliphatic hydroxyl groups excluding tert-OH is 1. The number of hydrogen-bond acceptors (Lipinski definition) is 4. The molecular formula is C11H14N2O3. The van der Waals surface area contributed by atoms with Crippen LogP contribution in [-0.4, -0.2) is 40.9 Å². The molecule has 1 aromatic heterocycles. The van der Waals surface area contributed by atoms with Gasteiger partial charge in [-0.25, -0.2) is 9.78 Å².